The summed E-state index contributed by atoms with van der Waals surface area (Å²) in [7, 11) is 0. The summed E-state index contributed by atoms with van der Waals surface area (Å²) in [6, 6.07) is 3.63. The number of halogens is 3. The fourth-order valence-electron chi connectivity index (χ4n) is 2.25. The molecule has 1 N–H and O–H groups in total. The number of aliphatic hydroxyl groups excluding tert-OH is 1. The van der Waals surface area contributed by atoms with Crippen LogP contribution in [0.5, 0.6) is 0 Å². The second-order valence-corrected chi connectivity index (χ2v) is 4.71. The van der Waals surface area contributed by atoms with Gasteiger partial charge in [0, 0.05) is 19.6 Å². The number of aryl methyl sites for hydroxylation is 2. The highest BCUT2D eigenvalue weighted by atomic mass is 19.4. The number of alkyl halides is 3. The van der Waals surface area contributed by atoms with Gasteiger partial charge in [0.25, 0.3) is 0 Å². The third kappa shape index (κ3) is 2.95. The number of imidazole rings is 1. The van der Waals surface area contributed by atoms with Crippen molar-refractivity contribution in [2.24, 2.45) is 0 Å². The predicted octanol–water partition coefficient (Wildman–Crippen LogP) is 3.39. The van der Waals surface area contributed by atoms with Gasteiger partial charge in [0.2, 0.25) is 0 Å². The zero-order chi connectivity index (χ0) is 14.8. The summed E-state index contributed by atoms with van der Waals surface area (Å²) in [6.45, 7) is 2.61. The fourth-order valence-corrected chi connectivity index (χ4v) is 2.25. The summed E-state index contributed by atoms with van der Waals surface area (Å²) in [5, 5.41) is 8.93. The summed E-state index contributed by atoms with van der Waals surface area (Å²) >= 11 is 0. The Labute approximate surface area is 115 Å². The number of benzene rings is 1. The maximum absolute atomic E-state index is 12.7. The van der Waals surface area contributed by atoms with Crippen LogP contribution in [-0.2, 0) is 19.1 Å². The zero-order valence-corrected chi connectivity index (χ0v) is 11.2. The number of hydrogen-bond acceptors (Lipinski definition) is 2. The molecule has 2 rings (SSSR count). The number of hydrogen-bond donors (Lipinski definition) is 1. The van der Waals surface area contributed by atoms with Gasteiger partial charge in [-0.1, -0.05) is 6.92 Å². The summed E-state index contributed by atoms with van der Waals surface area (Å²) < 4.78 is 40.0. The maximum atomic E-state index is 12.7. The highest BCUT2D eigenvalue weighted by Gasteiger charge is 2.31. The second kappa shape index (κ2) is 5.83. The molecule has 1 heterocycles. The molecule has 0 aliphatic rings. The lowest BCUT2D eigenvalue weighted by atomic mass is 10.2. The first kappa shape index (κ1) is 14.8. The molecular weight excluding hydrogens is 269 g/mol. The molecule has 1 aromatic heterocycles. The number of fused-ring (bicyclic) bond motifs is 1. The van der Waals surface area contributed by atoms with Crippen molar-refractivity contribution >= 4 is 11.0 Å². The highest BCUT2D eigenvalue weighted by molar-refractivity contribution is 5.77. The number of aliphatic hydroxyl groups is 1. The number of rotatable bonds is 5. The van der Waals surface area contributed by atoms with Gasteiger partial charge in [0.05, 0.1) is 16.6 Å². The van der Waals surface area contributed by atoms with E-state index in [-0.39, 0.29) is 6.61 Å². The third-order valence-corrected chi connectivity index (χ3v) is 3.17. The quantitative estimate of drug-likeness (QED) is 0.915. The minimum Gasteiger partial charge on any atom is -0.396 e. The Kier molecular flexibility index (Phi) is 4.32. The normalized spacial score (nSPS) is 12.2. The van der Waals surface area contributed by atoms with Gasteiger partial charge in [-0.15, -0.1) is 0 Å². The van der Waals surface area contributed by atoms with Crippen molar-refractivity contribution in [2.75, 3.05) is 6.61 Å². The molecule has 6 heteroatoms. The van der Waals surface area contributed by atoms with E-state index in [4.69, 9.17) is 5.11 Å². The van der Waals surface area contributed by atoms with E-state index in [1.165, 1.54) is 6.07 Å². The molecule has 0 bridgehead atoms. The van der Waals surface area contributed by atoms with Gasteiger partial charge in [0.1, 0.15) is 5.82 Å². The minimum absolute atomic E-state index is 0.0475. The number of nitrogens with zero attached hydrogens (tertiary/aromatic N) is 2. The molecule has 0 atom stereocenters. The molecule has 0 amide bonds. The molecule has 20 heavy (non-hydrogen) atoms. The first-order valence-electron chi connectivity index (χ1n) is 6.64. The van der Waals surface area contributed by atoms with Crippen LogP contribution in [0.15, 0.2) is 18.2 Å². The highest BCUT2D eigenvalue weighted by Crippen LogP contribution is 2.31. The Hall–Kier alpha value is -1.56. The molecule has 0 aliphatic heterocycles. The van der Waals surface area contributed by atoms with Gasteiger partial charge in [-0.05, 0) is 31.0 Å². The average Bonchev–Trinajstić information content (AvgIpc) is 2.72. The van der Waals surface area contributed by atoms with Crippen LogP contribution in [-0.4, -0.2) is 21.3 Å². The fraction of sp³-hybridized carbons (Fsp3) is 0.500. The Morgan fingerprint density at radius 3 is 2.65 bits per heavy atom. The summed E-state index contributed by atoms with van der Waals surface area (Å²) in [6.07, 6.45) is -2.22. The number of aromatic nitrogens is 2. The van der Waals surface area contributed by atoms with Crippen LogP contribution in [0.1, 0.15) is 31.2 Å². The summed E-state index contributed by atoms with van der Waals surface area (Å²) in [4.78, 5) is 4.31. The van der Waals surface area contributed by atoms with E-state index in [0.717, 1.165) is 24.4 Å². The van der Waals surface area contributed by atoms with Crippen molar-refractivity contribution < 1.29 is 18.3 Å². The van der Waals surface area contributed by atoms with Gasteiger partial charge >= 0.3 is 6.18 Å². The van der Waals surface area contributed by atoms with Gasteiger partial charge in [-0.3, -0.25) is 0 Å². The van der Waals surface area contributed by atoms with E-state index in [0.29, 0.717) is 30.4 Å². The molecule has 0 aliphatic carbocycles. The van der Waals surface area contributed by atoms with Gasteiger partial charge in [-0.25, -0.2) is 4.98 Å². The van der Waals surface area contributed by atoms with Gasteiger partial charge in [0.15, 0.2) is 0 Å². The Bertz CT molecular complexity index is 590. The Morgan fingerprint density at radius 2 is 2.05 bits per heavy atom. The van der Waals surface area contributed by atoms with Crippen LogP contribution < -0.4 is 0 Å². The van der Waals surface area contributed by atoms with Crippen LogP contribution in [0.2, 0.25) is 0 Å². The molecule has 0 spiro atoms. The Balaban J connectivity index is 2.49. The van der Waals surface area contributed by atoms with Gasteiger partial charge < -0.3 is 9.67 Å². The van der Waals surface area contributed by atoms with Gasteiger partial charge in [-0.2, -0.15) is 13.2 Å². The lowest BCUT2D eigenvalue weighted by molar-refractivity contribution is -0.137. The van der Waals surface area contributed by atoms with Crippen LogP contribution >= 0.6 is 0 Å². The first-order valence-corrected chi connectivity index (χ1v) is 6.64. The van der Waals surface area contributed by atoms with Crippen molar-refractivity contribution in [1.82, 2.24) is 9.55 Å². The average molecular weight is 286 g/mol. The van der Waals surface area contributed by atoms with E-state index in [1.807, 2.05) is 11.5 Å². The molecule has 0 fully saturated rings. The van der Waals surface area contributed by atoms with Crippen molar-refractivity contribution in [1.29, 1.82) is 0 Å². The van der Waals surface area contributed by atoms with Crippen LogP contribution in [0.25, 0.3) is 11.0 Å². The van der Waals surface area contributed by atoms with E-state index < -0.39 is 11.7 Å². The minimum atomic E-state index is -4.35. The summed E-state index contributed by atoms with van der Waals surface area (Å²) in [5.74, 6) is 0.773. The van der Waals surface area contributed by atoms with Crippen molar-refractivity contribution in [2.45, 2.75) is 38.9 Å². The maximum Gasteiger partial charge on any atom is 0.416 e. The molecule has 2 aromatic rings. The topological polar surface area (TPSA) is 38.0 Å². The largest absolute Gasteiger partial charge is 0.416 e. The van der Waals surface area contributed by atoms with Crippen LogP contribution in [0.3, 0.4) is 0 Å². The Morgan fingerprint density at radius 1 is 1.30 bits per heavy atom. The lowest BCUT2D eigenvalue weighted by Gasteiger charge is -2.08. The van der Waals surface area contributed by atoms with E-state index >= 15 is 0 Å². The zero-order valence-electron chi connectivity index (χ0n) is 11.2. The second-order valence-electron chi connectivity index (χ2n) is 4.71. The van der Waals surface area contributed by atoms with Crippen molar-refractivity contribution in [3.63, 3.8) is 0 Å². The molecule has 0 saturated carbocycles. The van der Waals surface area contributed by atoms with Crippen molar-refractivity contribution in [3.8, 4) is 0 Å². The first-order chi connectivity index (χ1) is 9.47. The predicted molar refractivity (Wildman–Crippen MR) is 70.4 cm³/mol. The monoisotopic (exact) mass is 286 g/mol. The van der Waals surface area contributed by atoms with E-state index in [2.05, 4.69) is 4.98 Å². The van der Waals surface area contributed by atoms with Crippen molar-refractivity contribution in [3.05, 3.63) is 29.6 Å². The standard InChI is InChI=1S/C14H17F3N2O/c1-2-4-13-18-11-9-10(14(15,16)17)5-6-12(11)19(13)7-3-8-20/h5-6,9,20H,2-4,7-8H2,1H3. The molecule has 0 radical (unpaired) electrons. The molecule has 1 aromatic carbocycles. The van der Waals surface area contributed by atoms with Crippen LogP contribution in [0, 0.1) is 0 Å². The van der Waals surface area contributed by atoms with E-state index in [9.17, 15) is 13.2 Å². The summed E-state index contributed by atoms with van der Waals surface area (Å²) in [5.41, 5.74) is 0.371. The molecule has 0 saturated heterocycles. The van der Waals surface area contributed by atoms with E-state index in [1.54, 1.807) is 0 Å². The van der Waals surface area contributed by atoms with Crippen LogP contribution in [0.4, 0.5) is 13.2 Å². The molecule has 110 valence electrons. The molecular formula is C14H17F3N2O. The molecule has 3 nitrogen and oxygen atoms in total. The lowest BCUT2D eigenvalue weighted by Crippen LogP contribution is -2.06. The smallest absolute Gasteiger partial charge is 0.396 e. The SMILES string of the molecule is CCCc1nc2cc(C(F)(F)F)ccc2n1CCCO. The molecule has 0 unspecified atom stereocenters. The third-order valence-electron chi connectivity index (χ3n) is 3.17.